The summed E-state index contributed by atoms with van der Waals surface area (Å²) in [7, 11) is 0. The Labute approximate surface area is 91.7 Å². The third kappa shape index (κ3) is 2.02. The monoisotopic (exact) mass is 251 g/mol. The fraction of sp³-hybridized carbons (Fsp3) is 0.273. The molecule has 0 aliphatic rings. The van der Waals surface area contributed by atoms with Crippen LogP contribution in [0.15, 0.2) is 18.2 Å². The van der Waals surface area contributed by atoms with Crippen molar-refractivity contribution in [3.05, 3.63) is 34.9 Å². The molecule has 0 heterocycles. The standard InChI is InChI=1S/C11H10BrNO/c1-2-10(14)11-8(6-12)4-3-5-9(11)7-13/h3-5H,2,6H2,1H3. The van der Waals surface area contributed by atoms with E-state index >= 15 is 0 Å². The van der Waals surface area contributed by atoms with Crippen LogP contribution in [0.25, 0.3) is 0 Å². The number of halogens is 1. The molecule has 14 heavy (non-hydrogen) atoms. The second kappa shape index (κ2) is 4.92. The van der Waals surface area contributed by atoms with Gasteiger partial charge >= 0.3 is 0 Å². The number of carbonyl (C=O) groups is 1. The number of alkyl halides is 1. The normalized spacial score (nSPS) is 9.50. The van der Waals surface area contributed by atoms with Crippen LogP contribution in [-0.4, -0.2) is 5.78 Å². The summed E-state index contributed by atoms with van der Waals surface area (Å²) in [5.74, 6) is 0.0246. The molecular weight excluding hydrogens is 242 g/mol. The van der Waals surface area contributed by atoms with Gasteiger partial charge in [-0.3, -0.25) is 4.79 Å². The summed E-state index contributed by atoms with van der Waals surface area (Å²) >= 11 is 3.31. The molecule has 2 nitrogen and oxygen atoms in total. The van der Waals surface area contributed by atoms with Crippen LogP contribution in [0.4, 0.5) is 0 Å². The van der Waals surface area contributed by atoms with Gasteiger partial charge in [0, 0.05) is 17.3 Å². The maximum absolute atomic E-state index is 11.6. The number of rotatable bonds is 3. The minimum absolute atomic E-state index is 0.0246. The Morgan fingerprint density at radius 3 is 2.79 bits per heavy atom. The van der Waals surface area contributed by atoms with Crippen molar-refractivity contribution in [1.82, 2.24) is 0 Å². The smallest absolute Gasteiger partial charge is 0.164 e. The van der Waals surface area contributed by atoms with Crippen molar-refractivity contribution >= 4 is 21.7 Å². The van der Waals surface area contributed by atoms with E-state index in [1.807, 2.05) is 12.1 Å². The molecule has 0 atom stereocenters. The number of carbonyl (C=O) groups excluding carboxylic acids is 1. The molecule has 0 aromatic heterocycles. The van der Waals surface area contributed by atoms with Crippen molar-refractivity contribution in [3.63, 3.8) is 0 Å². The van der Waals surface area contributed by atoms with Crippen LogP contribution in [0.1, 0.15) is 34.8 Å². The largest absolute Gasteiger partial charge is 0.294 e. The molecule has 3 heteroatoms. The Morgan fingerprint density at radius 1 is 1.57 bits per heavy atom. The maximum Gasteiger partial charge on any atom is 0.164 e. The van der Waals surface area contributed by atoms with Crippen LogP contribution in [0.2, 0.25) is 0 Å². The molecule has 0 saturated carbocycles. The molecule has 72 valence electrons. The van der Waals surface area contributed by atoms with E-state index in [1.54, 1.807) is 19.1 Å². The van der Waals surface area contributed by atoms with E-state index in [0.717, 1.165) is 5.56 Å². The van der Waals surface area contributed by atoms with E-state index in [9.17, 15) is 4.79 Å². The second-order valence-electron chi connectivity index (χ2n) is 2.86. The van der Waals surface area contributed by atoms with E-state index < -0.39 is 0 Å². The van der Waals surface area contributed by atoms with Crippen molar-refractivity contribution in [2.75, 3.05) is 0 Å². The minimum atomic E-state index is 0.0246. The first-order valence-electron chi connectivity index (χ1n) is 4.35. The molecule has 0 aliphatic carbocycles. The number of Topliss-reactive ketones (excluding diaryl/α,β-unsaturated/α-hetero) is 1. The highest BCUT2D eigenvalue weighted by Crippen LogP contribution is 2.18. The quantitative estimate of drug-likeness (QED) is 0.612. The van der Waals surface area contributed by atoms with E-state index in [1.165, 1.54) is 0 Å². The minimum Gasteiger partial charge on any atom is -0.294 e. The van der Waals surface area contributed by atoms with Gasteiger partial charge in [-0.15, -0.1) is 0 Å². The molecule has 0 N–H and O–H groups in total. The SMILES string of the molecule is CCC(=O)c1c(C#N)cccc1CBr. The van der Waals surface area contributed by atoms with E-state index in [-0.39, 0.29) is 5.78 Å². The summed E-state index contributed by atoms with van der Waals surface area (Å²) in [5, 5.41) is 9.47. The molecule has 0 aliphatic heterocycles. The Balaban J connectivity index is 3.35. The van der Waals surface area contributed by atoms with Crippen LogP contribution in [0.3, 0.4) is 0 Å². The van der Waals surface area contributed by atoms with Crippen molar-refractivity contribution in [1.29, 1.82) is 5.26 Å². The van der Waals surface area contributed by atoms with Gasteiger partial charge in [0.2, 0.25) is 0 Å². The van der Waals surface area contributed by atoms with Gasteiger partial charge in [0.15, 0.2) is 5.78 Å². The van der Waals surface area contributed by atoms with Crippen molar-refractivity contribution in [3.8, 4) is 6.07 Å². The molecule has 1 rings (SSSR count). The number of nitriles is 1. The topological polar surface area (TPSA) is 40.9 Å². The second-order valence-corrected chi connectivity index (χ2v) is 3.42. The number of ketones is 1. The average Bonchev–Trinajstić information content (AvgIpc) is 2.26. The fourth-order valence-corrected chi connectivity index (χ4v) is 1.78. The lowest BCUT2D eigenvalue weighted by atomic mass is 9.98. The number of benzene rings is 1. The molecule has 0 unspecified atom stereocenters. The van der Waals surface area contributed by atoms with E-state index in [0.29, 0.717) is 22.9 Å². The van der Waals surface area contributed by atoms with Crippen molar-refractivity contribution in [2.24, 2.45) is 0 Å². The molecule has 0 bridgehead atoms. The molecule has 0 fully saturated rings. The Bertz CT molecular complexity index is 393. The Kier molecular flexibility index (Phi) is 3.84. The zero-order valence-electron chi connectivity index (χ0n) is 7.88. The lowest BCUT2D eigenvalue weighted by Crippen LogP contribution is -2.04. The lowest BCUT2D eigenvalue weighted by molar-refractivity contribution is 0.0987. The molecule has 0 spiro atoms. The fourth-order valence-electron chi connectivity index (χ4n) is 1.31. The van der Waals surface area contributed by atoms with Crippen LogP contribution >= 0.6 is 15.9 Å². The summed E-state index contributed by atoms with van der Waals surface area (Å²) in [6.45, 7) is 1.80. The molecule has 0 saturated heterocycles. The average molecular weight is 252 g/mol. The third-order valence-electron chi connectivity index (χ3n) is 2.02. The van der Waals surface area contributed by atoms with Gasteiger partial charge in [0.1, 0.15) is 0 Å². The van der Waals surface area contributed by atoms with Crippen molar-refractivity contribution < 1.29 is 4.79 Å². The molecule has 0 radical (unpaired) electrons. The summed E-state index contributed by atoms with van der Waals surface area (Å²) in [5.41, 5.74) is 1.92. The Hall–Kier alpha value is -1.14. The third-order valence-corrected chi connectivity index (χ3v) is 2.62. The number of hydrogen-bond donors (Lipinski definition) is 0. The van der Waals surface area contributed by atoms with Gasteiger partial charge in [-0.05, 0) is 11.6 Å². The first kappa shape index (κ1) is 10.9. The summed E-state index contributed by atoms with van der Waals surface area (Å²) in [4.78, 5) is 11.6. The zero-order valence-corrected chi connectivity index (χ0v) is 9.47. The van der Waals surface area contributed by atoms with Crippen LogP contribution in [-0.2, 0) is 5.33 Å². The molecular formula is C11H10BrNO. The first-order chi connectivity index (χ1) is 6.74. The number of nitrogens with zero attached hydrogens (tertiary/aromatic N) is 1. The van der Waals surface area contributed by atoms with E-state index in [2.05, 4.69) is 15.9 Å². The summed E-state index contributed by atoms with van der Waals surface area (Å²) in [6.07, 6.45) is 0.429. The van der Waals surface area contributed by atoms with Crippen LogP contribution < -0.4 is 0 Å². The summed E-state index contributed by atoms with van der Waals surface area (Å²) in [6, 6.07) is 7.37. The predicted molar refractivity (Wildman–Crippen MR) is 58.4 cm³/mol. The first-order valence-corrected chi connectivity index (χ1v) is 5.47. The lowest BCUT2D eigenvalue weighted by Gasteiger charge is -2.06. The van der Waals surface area contributed by atoms with Crippen molar-refractivity contribution in [2.45, 2.75) is 18.7 Å². The highest BCUT2D eigenvalue weighted by atomic mass is 79.9. The van der Waals surface area contributed by atoms with Gasteiger partial charge < -0.3 is 0 Å². The molecule has 1 aromatic rings. The van der Waals surface area contributed by atoms with Crippen LogP contribution in [0.5, 0.6) is 0 Å². The molecule has 1 aromatic carbocycles. The molecule has 0 amide bonds. The zero-order chi connectivity index (χ0) is 10.6. The Morgan fingerprint density at radius 2 is 2.29 bits per heavy atom. The predicted octanol–water partition coefficient (Wildman–Crippen LogP) is 3.05. The number of hydrogen-bond acceptors (Lipinski definition) is 2. The highest BCUT2D eigenvalue weighted by molar-refractivity contribution is 9.08. The highest BCUT2D eigenvalue weighted by Gasteiger charge is 2.13. The summed E-state index contributed by atoms with van der Waals surface area (Å²) < 4.78 is 0. The van der Waals surface area contributed by atoms with Crippen LogP contribution in [0, 0.1) is 11.3 Å². The van der Waals surface area contributed by atoms with Gasteiger partial charge in [-0.2, -0.15) is 5.26 Å². The maximum atomic E-state index is 11.6. The van der Waals surface area contributed by atoms with Gasteiger partial charge in [-0.25, -0.2) is 0 Å². The van der Waals surface area contributed by atoms with E-state index in [4.69, 9.17) is 5.26 Å². The van der Waals surface area contributed by atoms with Gasteiger partial charge in [0.05, 0.1) is 11.6 Å². The van der Waals surface area contributed by atoms with Gasteiger partial charge in [-0.1, -0.05) is 35.0 Å². The van der Waals surface area contributed by atoms with Gasteiger partial charge in [0.25, 0.3) is 0 Å².